The number of amides is 1. The van der Waals surface area contributed by atoms with Gasteiger partial charge in [-0.25, -0.2) is 0 Å². The van der Waals surface area contributed by atoms with Crippen molar-refractivity contribution in [3.63, 3.8) is 0 Å². The monoisotopic (exact) mass is 255 g/mol. The molecule has 0 heterocycles. The van der Waals surface area contributed by atoms with E-state index in [1.54, 1.807) is 17.9 Å². The second-order valence-electron chi connectivity index (χ2n) is 4.51. The van der Waals surface area contributed by atoms with E-state index in [0.717, 1.165) is 29.2 Å². The van der Waals surface area contributed by atoms with Gasteiger partial charge in [-0.1, -0.05) is 31.2 Å². The van der Waals surface area contributed by atoms with E-state index in [4.69, 9.17) is 0 Å². The maximum absolute atomic E-state index is 11.8. The molecule has 0 aliphatic carbocycles. The van der Waals surface area contributed by atoms with Crippen LogP contribution in [-0.4, -0.2) is 18.7 Å². The molecule has 1 amide bonds. The quantitative estimate of drug-likeness (QED) is 0.785. The second kappa shape index (κ2) is 5.65. The van der Waals surface area contributed by atoms with E-state index < -0.39 is 0 Å². The molecule has 0 radical (unpaired) electrons. The molecule has 0 saturated carbocycles. The van der Waals surface area contributed by atoms with Crippen molar-refractivity contribution in [1.29, 1.82) is 0 Å². The predicted molar refractivity (Wildman–Crippen MR) is 77.7 cm³/mol. The van der Waals surface area contributed by atoms with Gasteiger partial charge in [0.25, 0.3) is 0 Å². The number of carbonyl (C=O) groups excluding carboxylic acids is 2. The summed E-state index contributed by atoms with van der Waals surface area (Å²) in [5.41, 5.74) is 1.52. The molecule has 2 aromatic rings. The summed E-state index contributed by atoms with van der Waals surface area (Å²) in [5, 5.41) is 1.83. The molecule has 0 unspecified atom stereocenters. The number of fused-ring (bicyclic) bond motifs is 1. The Labute approximate surface area is 112 Å². The SMILES string of the molecule is CCCN(C(C)=O)c1ccc(C=O)c2ccccc12. The van der Waals surface area contributed by atoms with Gasteiger partial charge in [-0.3, -0.25) is 9.59 Å². The van der Waals surface area contributed by atoms with Gasteiger partial charge in [-0.2, -0.15) is 0 Å². The minimum absolute atomic E-state index is 0.0193. The predicted octanol–water partition coefficient (Wildman–Crippen LogP) is 3.42. The standard InChI is InChI=1S/C16H17NO2/c1-3-10-17(12(2)19)16-9-8-13(11-18)14-6-4-5-7-15(14)16/h4-9,11H,3,10H2,1-2H3. The number of anilines is 1. The summed E-state index contributed by atoms with van der Waals surface area (Å²) >= 11 is 0. The first kappa shape index (κ1) is 13.3. The molecule has 0 aliphatic heterocycles. The van der Waals surface area contributed by atoms with Gasteiger partial charge in [0.2, 0.25) is 5.91 Å². The summed E-state index contributed by atoms with van der Waals surface area (Å²) in [7, 11) is 0. The third-order valence-electron chi connectivity index (χ3n) is 3.18. The first-order valence-electron chi connectivity index (χ1n) is 6.44. The summed E-state index contributed by atoms with van der Waals surface area (Å²) in [6.45, 7) is 4.29. The van der Waals surface area contributed by atoms with Crippen LogP contribution >= 0.6 is 0 Å². The molecule has 0 spiro atoms. The van der Waals surface area contributed by atoms with E-state index in [1.165, 1.54) is 0 Å². The number of benzene rings is 2. The van der Waals surface area contributed by atoms with E-state index in [2.05, 4.69) is 0 Å². The highest BCUT2D eigenvalue weighted by Crippen LogP contribution is 2.29. The Morgan fingerprint density at radius 1 is 1.16 bits per heavy atom. The highest BCUT2D eigenvalue weighted by Gasteiger charge is 2.14. The average molecular weight is 255 g/mol. The number of nitrogens with zero attached hydrogens (tertiary/aromatic N) is 1. The molecule has 0 aliphatic rings. The molecule has 0 bridgehead atoms. The van der Waals surface area contributed by atoms with E-state index in [-0.39, 0.29) is 5.91 Å². The van der Waals surface area contributed by atoms with Gasteiger partial charge in [0.05, 0.1) is 5.69 Å². The van der Waals surface area contributed by atoms with Crippen LogP contribution in [0.2, 0.25) is 0 Å². The highest BCUT2D eigenvalue weighted by molar-refractivity contribution is 6.08. The first-order chi connectivity index (χ1) is 9.19. The van der Waals surface area contributed by atoms with E-state index in [1.807, 2.05) is 37.3 Å². The molecule has 2 rings (SSSR count). The van der Waals surface area contributed by atoms with Crippen LogP contribution in [0.15, 0.2) is 36.4 Å². The maximum atomic E-state index is 11.8. The molecule has 0 atom stereocenters. The Kier molecular flexibility index (Phi) is 3.95. The molecule has 0 aromatic heterocycles. The van der Waals surface area contributed by atoms with Crippen LogP contribution in [0.5, 0.6) is 0 Å². The van der Waals surface area contributed by atoms with Crippen LogP contribution in [0, 0.1) is 0 Å². The molecule has 2 aromatic carbocycles. The average Bonchev–Trinajstić information content (AvgIpc) is 2.43. The number of hydrogen-bond acceptors (Lipinski definition) is 2. The zero-order valence-corrected chi connectivity index (χ0v) is 11.2. The lowest BCUT2D eigenvalue weighted by Crippen LogP contribution is -2.29. The lowest BCUT2D eigenvalue weighted by atomic mass is 10.0. The summed E-state index contributed by atoms with van der Waals surface area (Å²) in [6, 6.07) is 11.3. The Morgan fingerprint density at radius 2 is 1.84 bits per heavy atom. The van der Waals surface area contributed by atoms with Crippen molar-refractivity contribution in [3.8, 4) is 0 Å². The van der Waals surface area contributed by atoms with Gasteiger partial charge >= 0.3 is 0 Å². The molecular weight excluding hydrogens is 238 g/mol. The number of aldehydes is 1. The van der Waals surface area contributed by atoms with Crippen molar-refractivity contribution < 1.29 is 9.59 Å². The largest absolute Gasteiger partial charge is 0.312 e. The minimum Gasteiger partial charge on any atom is -0.312 e. The molecule has 3 heteroatoms. The van der Waals surface area contributed by atoms with Gasteiger partial charge in [0.15, 0.2) is 6.29 Å². The molecule has 0 N–H and O–H groups in total. The van der Waals surface area contributed by atoms with Crippen LogP contribution in [0.4, 0.5) is 5.69 Å². The normalized spacial score (nSPS) is 10.4. The summed E-state index contributed by atoms with van der Waals surface area (Å²) in [5.74, 6) is 0.0193. The minimum atomic E-state index is 0.0193. The van der Waals surface area contributed by atoms with Crippen LogP contribution in [0.1, 0.15) is 30.6 Å². The third kappa shape index (κ3) is 2.50. The van der Waals surface area contributed by atoms with Gasteiger partial charge in [-0.05, 0) is 23.9 Å². The first-order valence-corrected chi connectivity index (χ1v) is 6.44. The molecule has 0 fully saturated rings. The van der Waals surface area contributed by atoms with Crippen LogP contribution in [0.25, 0.3) is 10.8 Å². The van der Waals surface area contributed by atoms with Gasteiger partial charge in [-0.15, -0.1) is 0 Å². The van der Waals surface area contributed by atoms with Crippen molar-refractivity contribution in [2.75, 3.05) is 11.4 Å². The summed E-state index contributed by atoms with van der Waals surface area (Å²) in [4.78, 5) is 24.6. The lowest BCUT2D eigenvalue weighted by Gasteiger charge is -2.22. The zero-order chi connectivity index (χ0) is 13.8. The second-order valence-corrected chi connectivity index (χ2v) is 4.51. The fourth-order valence-electron chi connectivity index (χ4n) is 2.32. The Hall–Kier alpha value is -2.16. The smallest absolute Gasteiger partial charge is 0.223 e. The van der Waals surface area contributed by atoms with Crippen molar-refractivity contribution in [3.05, 3.63) is 42.0 Å². The molecular formula is C16H17NO2. The number of rotatable bonds is 4. The zero-order valence-electron chi connectivity index (χ0n) is 11.2. The van der Waals surface area contributed by atoms with E-state index in [9.17, 15) is 9.59 Å². The van der Waals surface area contributed by atoms with Crippen molar-refractivity contribution in [1.82, 2.24) is 0 Å². The Bertz CT molecular complexity index is 619. The van der Waals surface area contributed by atoms with E-state index in [0.29, 0.717) is 12.1 Å². The highest BCUT2D eigenvalue weighted by atomic mass is 16.2. The summed E-state index contributed by atoms with van der Waals surface area (Å²) in [6.07, 6.45) is 1.74. The summed E-state index contributed by atoms with van der Waals surface area (Å²) < 4.78 is 0. The molecule has 19 heavy (non-hydrogen) atoms. The van der Waals surface area contributed by atoms with Gasteiger partial charge in [0.1, 0.15) is 0 Å². The molecule has 3 nitrogen and oxygen atoms in total. The maximum Gasteiger partial charge on any atom is 0.223 e. The Balaban J connectivity index is 2.67. The van der Waals surface area contributed by atoms with Crippen molar-refractivity contribution >= 4 is 28.7 Å². The fourth-order valence-corrected chi connectivity index (χ4v) is 2.32. The topological polar surface area (TPSA) is 37.4 Å². The fraction of sp³-hybridized carbons (Fsp3) is 0.250. The number of carbonyl (C=O) groups is 2. The lowest BCUT2D eigenvalue weighted by molar-refractivity contribution is -0.116. The van der Waals surface area contributed by atoms with Crippen LogP contribution < -0.4 is 4.90 Å². The van der Waals surface area contributed by atoms with Gasteiger partial charge < -0.3 is 4.90 Å². The molecule has 0 saturated heterocycles. The van der Waals surface area contributed by atoms with Crippen molar-refractivity contribution in [2.24, 2.45) is 0 Å². The van der Waals surface area contributed by atoms with Gasteiger partial charge in [0, 0.05) is 24.4 Å². The molecule has 98 valence electrons. The van der Waals surface area contributed by atoms with Crippen molar-refractivity contribution in [2.45, 2.75) is 20.3 Å². The third-order valence-corrected chi connectivity index (χ3v) is 3.18. The van der Waals surface area contributed by atoms with Crippen LogP contribution in [-0.2, 0) is 4.79 Å². The number of hydrogen-bond donors (Lipinski definition) is 0. The Morgan fingerprint density at radius 3 is 2.42 bits per heavy atom. The van der Waals surface area contributed by atoms with Crippen LogP contribution in [0.3, 0.4) is 0 Å². The van der Waals surface area contributed by atoms with E-state index >= 15 is 0 Å².